The third kappa shape index (κ3) is 6.08. The molecule has 0 bridgehead atoms. The quantitative estimate of drug-likeness (QED) is 0.270. The summed E-state index contributed by atoms with van der Waals surface area (Å²) < 4.78 is 31.5. The van der Waals surface area contributed by atoms with Crippen molar-refractivity contribution in [1.82, 2.24) is 20.1 Å². The van der Waals surface area contributed by atoms with E-state index < -0.39 is 0 Å². The van der Waals surface area contributed by atoms with Crippen molar-refractivity contribution < 1.29 is 23.4 Å². The van der Waals surface area contributed by atoms with Gasteiger partial charge in [-0.25, -0.2) is 4.39 Å². The normalized spacial score (nSPS) is 10.8. The Morgan fingerprint density at radius 3 is 2.29 bits per heavy atom. The molecule has 1 amide bonds. The summed E-state index contributed by atoms with van der Waals surface area (Å²) >= 11 is 1.55. The van der Waals surface area contributed by atoms with Crippen LogP contribution in [0.3, 0.4) is 0 Å². The SMILES string of the molecule is COc1cc(C(=O)NCCc2nnc(SCc3ccccc3C)n2-c2ccc(F)cc2)cc(OC)c1OC. The molecule has 1 aromatic heterocycles. The number of methoxy groups -OCH3 is 3. The second-order valence-corrected chi connectivity index (χ2v) is 9.29. The molecule has 0 aliphatic rings. The maximum atomic E-state index is 13.6. The molecule has 1 heterocycles. The predicted molar refractivity (Wildman–Crippen MR) is 144 cm³/mol. The van der Waals surface area contributed by atoms with E-state index in [1.165, 1.54) is 44.6 Å². The first-order chi connectivity index (χ1) is 18.4. The van der Waals surface area contributed by atoms with Gasteiger partial charge < -0.3 is 19.5 Å². The van der Waals surface area contributed by atoms with Gasteiger partial charge in [0.2, 0.25) is 5.75 Å². The van der Waals surface area contributed by atoms with Gasteiger partial charge in [-0.15, -0.1) is 10.2 Å². The van der Waals surface area contributed by atoms with Crippen molar-refractivity contribution in [1.29, 1.82) is 0 Å². The van der Waals surface area contributed by atoms with Crippen molar-refractivity contribution in [3.05, 3.63) is 89.0 Å². The molecule has 0 radical (unpaired) electrons. The molecule has 10 heteroatoms. The lowest BCUT2D eigenvalue weighted by Gasteiger charge is -2.14. The monoisotopic (exact) mass is 536 g/mol. The average molecular weight is 537 g/mol. The van der Waals surface area contributed by atoms with E-state index >= 15 is 0 Å². The van der Waals surface area contributed by atoms with Gasteiger partial charge in [0.15, 0.2) is 16.7 Å². The third-order valence-electron chi connectivity index (χ3n) is 5.96. The summed E-state index contributed by atoms with van der Waals surface area (Å²) in [7, 11) is 4.50. The van der Waals surface area contributed by atoms with E-state index in [9.17, 15) is 9.18 Å². The van der Waals surface area contributed by atoms with Crippen LogP contribution in [-0.4, -0.2) is 48.5 Å². The van der Waals surface area contributed by atoms with Crippen LogP contribution >= 0.6 is 11.8 Å². The lowest BCUT2D eigenvalue weighted by atomic mass is 10.1. The molecular formula is C28H29FN4O4S. The van der Waals surface area contributed by atoms with E-state index in [-0.39, 0.29) is 11.7 Å². The molecule has 4 aromatic rings. The third-order valence-corrected chi connectivity index (χ3v) is 6.94. The minimum absolute atomic E-state index is 0.300. The molecule has 0 saturated heterocycles. The molecule has 0 fully saturated rings. The Balaban J connectivity index is 1.51. The second-order valence-electron chi connectivity index (χ2n) is 8.35. The number of carbonyl (C=O) groups is 1. The summed E-state index contributed by atoms with van der Waals surface area (Å²) in [5.41, 5.74) is 3.51. The van der Waals surface area contributed by atoms with Gasteiger partial charge in [0.05, 0.1) is 21.3 Å². The van der Waals surface area contributed by atoms with Crippen molar-refractivity contribution in [3.8, 4) is 22.9 Å². The maximum absolute atomic E-state index is 13.6. The van der Waals surface area contributed by atoms with Crippen molar-refractivity contribution in [3.63, 3.8) is 0 Å². The molecule has 0 aliphatic carbocycles. The number of thioether (sulfide) groups is 1. The zero-order valence-corrected chi connectivity index (χ0v) is 22.5. The maximum Gasteiger partial charge on any atom is 0.251 e. The van der Waals surface area contributed by atoms with Crippen LogP contribution in [0.15, 0.2) is 65.8 Å². The zero-order valence-electron chi connectivity index (χ0n) is 21.7. The molecule has 198 valence electrons. The highest BCUT2D eigenvalue weighted by molar-refractivity contribution is 7.98. The Morgan fingerprint density at radius 2 is 1.66 bits per heavy atom. The molecule has 0 atom stereocenters. The molecule has 3 aromatic carbocycles. The second kappa shape index (κ2) is 12.5. The summed E-state index contributed by atoms with van der Waals surface area (Å²) in [4.78, 5) is 12.9. The van der Waals surface area contributed by atoms with E-state index in [2.05, 4.69) is 34.6 Å². The van der Waals surface area contributed by atoms with E-state index in [0.717, 1.165) is 5.69 Å². The molecule has 8 nitrogen and oxygen atoms in total. The number of benzene rings is 3. The van der Waals surface area contributed by atoms with Crippen molar-refractivity contribution in [2.75, 3.05) is 27.9 Å². The zero-order chi connectivity index (χ0) is 27.1. The predicted octanol–water partition coefficient (Wildman–Crippen LogP) is 5.01. The van der Waals surface area contributed by atoms with Crippen LogP contribution in [0.1, 0.15) is 27.3 Å². The fourth-order valence-corrected chi connectivity index (χ4v) is 4.97. The molecule has 1 N–H and O–H groups in total. The Labute approximate surface area is 225 Å². The largest absolute Gasteiger partial charge is 0.493 e. The minimum Gasteiger partial charge on any atom is -0.493 e. The minimum atomic E-state index is -0.324. The van der Waals surface area contributed by atoms with Gasteiger partial charge in [-0.1, -0.05) is 36.0 Å². The molecule has 0 saturated carbocycles. The standard InChI is InChI=1S/C28H29FN4O4S/c1-18-7-5-6-8-19(18)17-38-28-32-31-25(33(28)22-11-9-21(29)10-12-22)13-14-30-27(34)20-15-23(35-2)26(37-4)24(16-20)36-3/h5-12,15-16H,13-14,17H2,1-4H3,(H,30,34). The lowest BCUT2D eigenvalue weighted by molar-refractivity contribution is 0.0953. The molecule has 0 unspecified atom stereocenters. The van der Waals surface area contributed by atoms with Gasteiger partial charge in [-0.05, 0) is 54.4 Å². The van der Waals surface area contributed by atoms with E-state index in [4.69, 9.17) is 14.2 Å². The number of hydrogen-bond acceptors (Lipinski definition) is 7. The van der Waals surface area contributed by atoms with E-state index in [1.807, 2.05) is 16.7 Å². The summed E-state index contributed by atoms with van der Waals surface area (Å²) in [5.74, 6) is 1.93. The first-order valence-corrected chi connectivity index (χ1v) is 12.9. The first-order valence-electron chi connectivity index (χ1n) is 11.9. The van der Waals surface area contributed by atoms with E-state index in [1.54, 1.807) is 36.0 Å². The number of amides is 1. The Kier molecular flexibility index (Phi) is 8.85. The van der Waals surface area contributed by atoms with Crippen LogP contribution in [0.2, 0.25) is 0 Å². The van der Waals surface area contributed by atoms with Crippen LogP contribution in [0, 0.1) is 12.7 Å². The van der Waals surface area contributed by atoms with Crippen molar-refractivity contribution in [2.24, 2.45) is 0 Å². The number of halogens is 1. The highest BCUT2D eigenvalue weighted by atomic mass is 32.2. The number of aryl methyl sites for hydroxylation is 1. The van der Waals surface area contributed by atoms with Crippen LogP contribution in [0.5, 0.6) is 17.2 Å². The van der Waals surface area contributed by atoms with Crippen LogP contribution in [0.4, 0.5) is 4.39 Å². The van der Waals surface area contributed by atoms with Gasteiger partial charge in [-0.3, -0.25) is 9.36 Å². The number of nitrogens with zero attached hydrogens (tertiary/aromatic N) is 3. The van der Waals surface area contributed by atoms with Crippen molar-refractivity contribution >= 4 is 17.7 Å². The van der Waals surface area contributed by atoms with Crippen molar-refractivity contribution in [2.45, 2.75) is 24.3 Å². The van der Waals surface area contributed by atoms with Gasteiger partial charge in [-0.2, -0.15) is 0 Å². The highest BCUT2D eigenvalue weighted by Gasteiger charge is 2.18. The number of hydrogen-bond donors (Lipinski definition) is 1. The number of rotatable bonds is 11. The van der Waals surface area contributed by atoms with E-state index in [0.29, 0.717) is 52.5 Å². The number of aromatic nitrogens is 3. The highest BCUT2D eigenvalue weighted by Crippen LogP contribution is 2.38. The summed E-state index contributed by atoms with van der Waals surface area (Å²) in [6.07, 6.45) is 0.408. The molecule has 38 heavy (non-hydrogen) atoms. The first kappa shape index (κ1) is 27.0. The molecule has 0 aliphatic heterocycles. The van der Waals surface area contributed by atoms with Crippen LogP contribution < -0.4 is 19.5 Å². The van der Waals surface area contributed by atoms with Gasteiger partial charge in [0.25, 0.3) is 5.91 Å². The fraction of sp³-hybridized carbons (Fsp3) is 0.250. The average Bonchev–Trinajstić information content (AvgIpc) is 3.34. The summed E-state index contributed by atoms with van der Waals surface area (Å²) in [6.45, 7) is 2.37. The number of nitrogens with one attached hydrogen (secondary N) is 1. The van der Waals surface area contributed by atoms with Crippen LogP contribution in [0.25, 0.3) is 5.69 Å². The van der Waals surface area contributed by atoms with Crippen LogP contribution in [-0.2, 0) is 12.2 Å². The lowest BCUT2D eigenvalue weighted by Crippen LogP contribution is -2.26. The Bertz CT molecular complexity index is 1380. The van der Waals surface area contributed by atoms with Gasteiger partial charge in [0, 0.05) is 30.0 Å². The summed E-state index contributed by atoms with van der Waals surface area (Å²) in [5, 5.41) is 12.4. The molecule has 0 spiro atoms. The van der Waals surface area contributed by atoms with Gasteiger partial charge in [0.1, 0.15) is 11.6 Å². The Morgan fingerprint density at radius 1 is 0.974 bits per heavy atom. The topological polar surface area (TPSA) is 87.5 Å². The number of carbonyl (C=O) groups excluding carboxylic acids is 1. The fourth-order valence-electron chi connectivity index (χ4n) is 3.92. The molecular weight excluding hydrogens is 507 g/mol. The van der Waals surface area contributed by atoms with Gasteiger partial charge >= 0.3 is 0 Å². The Hall–Kier alpha value is -4.05. The molecule has 4 rings (SSSR count). The smallest absolute Gasteiger partial charge is 0.251 e. The number of ether oxygens (including phenoxy) is 3. The summed E-state index contributed by atoms with van der Waals surface area (Å²) in [6, 6.07) is 17.6.